The van der Waals surface area contributed by atoms with Crippen molar-refractivity contribution in [1.29, 1.82) is 0 Å². The highest BCUT2D eigenvalue weighted by atomic mass is 32.2. The molecule has 0 N–H and O–H groups in total. The predicted molar refractivity (Wildman–Crippen MR) is 73.9 cm³/mol. The van der Waals surface area contributed by atoms with Crippen LogP contribution in [0.15, 0.2) is 24.3 Å². The Balaban J connectivity index is 2.12. The Morgan fingerprint density at radius 2 is 1.67 bits per heavy atom. The number of benzene rings is 1. The molecule has 1 aromatic rings. The number of rotatable bonds is 4. The monoisotopic (exact) mass is 264 g/mol. The van der Waals surface area contributed by atoms with Crippen LogP contribution in [0.3, 0.4) is 0 Å². The van der Waals surface area contributed by atoms with E-state index >= 15 is 0 Å². The number of hydrogen-bond acceptors (Lipinski definition) is 2. The van der Waals surface area contributed by atoms with Crippen LogP contribution in [-0.2, 0) is 26.4 Å². The maximum atomic E-state index is 11.7. The van der Waals surface area contributed by atoms with Gasteiger partial charge in [0.15, 0.2) is 5.75 Å². The summed E-state index contributed by atoms with van der Waals surface area (Å²) in [4.78, 5) is 23.5. The van der Waals surface area contributed by atoms with E-state index in [1.54, 1.807) is 0 Å². The molecule has 1 unspecified atom stereocenters. The number of aryl methyl sites for hydroxylation is 1. The van der Waals surface area contributed by atoms with Gasteiger partial charge in [0.1, 0.15) is 16.8 Å². The van der Waals surface area contributed by atoms with Crippen molar-refractivity contribution >= 4 is 22.9 Å². The lowest BCUT2D eigenvalue weighted by Gasteiger charge is -2.14. The molecule has 1 fully saturated rings. The van der Waals surface area contributed by atoms with Crippen molar-refractivity contribution in [2.45, 2.75) is 32.4 Å². The standard InChI is InChI=1S/C14H18NO2S/c1-3-18(15-13(16)8-9-14(15)17)10-12-6-4-11(2)5-7-12/h4-7H,3,8-10H2,1-2H3/q+1. The summed E-state index contributed by atoms with van der Waals surface area (Å²) in [6, 6.07) is 8.30. The lowest BCUT2D eigenvalue weighted by molar-refractivity contribution is -0.132. The van der Waals surface area contributed by atoms with Crippen molar-refractivity contribution < 1.29 is 9.59 Å². The first kappa shape index (κ1) is 13.1. The summed E-state index contributed by atoms with van der Waals surface area (Å²) in [5.74, 6) is 1.62. The molecule has 0 spiro atoms. The van der Waals surface area contributed by atoms with E-state index in [1.807, 2.05) is 6.92 Å². The zero-order valence-corrected chi connectivity index (χ0v) is 11.6. The smallest absolute Gasteiger partial charge is 0.270 e. The van der Waals surface area contributed by atoms with Gasteiger partial charge in [-0.1, -0.05) is 34.1 Å². The Morgan fingerprint density at radius 1 is 1.11 bits per heavy atom. The van der Waals surface area contributed by atoms with Crippen LogP contribution >= 0.6 is 0 Å². The molecule has 0 saturated carbocycles. The van der Waals surface area contributed by atoms with E-state index < -0.39 is 0 Å². The number of imide groups is 1. The van der Waals surface area contributed by atoms with Gasteiger partial charge in [-0.05, 0) is 13.8 Å². The topological polar surface area (TPSA) is 37.4 Å². The molecule has 3 nitrogen and oxygen atoms in total. The lowest BCUT2D eigenvalue weighted by Crippen LogP contribution is -2.37. The Morgan fingerprint density at radius 3 is 2.17 bits per heavy atom. The molecule has 1 aliphatic rings. The van der Waals surface area contributed by atoms with Gasteiger partial charge >= 0.3 is 0 Å². The van der Waals surface area contributed by atoms with Crippen LogP contribution in [-0.4, -0.2) is 21.9 Å². The van der Waals surface area contributed by atoms with Gasteiger partial charge in [-0.25, -0.2) is 0 Å². The first-order valence-electron chi connectivity index (χ1n) is 6.20. The van der Waals surface area contributed by atoms with Gasteiger partial charge in [-0.3, -0.25) is 9.59 Å². The molecule has 18 heavy (non-hydrogen) atoms. The zero-order valence-electron chi connectivity index (χ0n) is 10.8. The number of amides is 2. The third-order valence-electron chi connectivity index (χ3n) is 3.05. The van der Waals surface area contributed by atoms with Crippen molar-refractivity contribution in [1.82, 2.24) is 4.31 Å². The Bertz CT molecular complexity index is 439. The van der Waals surface area contributed by atoms with Crippen LogP contribution in [0.25, 0.3) is 0 Å². The number of nitrogens with zero attached hydrogens (tertiary/aromatic N) is 1. The largest absolute Gasteiger partial charge is 0.273 e. The molecule has 0 aliphatic carbocycles. The molecule has 2 rings (SSSR count). The Labute approximate surface area is 111 Å². The summed E-state index contributed by atoms with van der Waals surface area (Å²) in [5, 5.41) is 0. The summed E-state index contributed by atoms with van der Waals surface area (Å²) in [6.07, 6.45) is 0.770. The second-order valence-electron chi connectivity index (χ2n) is 4.46. The maximum Gasteiger partial charge on any atom is 0.273 e. The van der Waals surface area contributed by atoms with E-state index in [2.05, 4.69) is 31.2 Å². The maximum absolute atomic E-state index is 11.7. The SMILES string of the molecule is CC[S+](Cc1ccc(C)cc1)N1C(=O)CCC1=O. The first-order valence-corrected chi connectivity index (χ1v) is 7.72. The highest BCUT2D eigenvalue weighted by Crippen LogP contribution is 2.22. The van der Waals surface area contributed by atoms with Crippen LogP contribution < -0.4 is 0 Å². The fourth-order valence-electron chi connectivity index (χ4n) is 2.02. The molecular formula is C14H18NO2S+. The Kier molecular flexibility index (Phi) is 4.07. The van der Waals surface area contributed by atoms with Gasteiger partial charge in [-0.2, -0.15) is 0 Å². The van der Waals surface area contributed by atoms with Gasteiger partial charge in [0.2, 0.25) is 0 Å². The molecule has 1 atom stereocenters. The fourth-order valence-corrected chi connectivity index (χ4v) is 3.94. The first-order chi connectivity index (χ1) is 8.61. The highest BCUT2D eigenvalue weighted by molar-refractivity contribution is 7.94. The van der Waals surface area contributed by atoms with Gasteiger partial charge in [-0.15, -0.1) is 0 Å². The molecule has 0 aromatic heterocycles. The number of hydrogen-bond donors (Lipinski definition) is 0. The van der Waals surface area contributed by atoms with E-state index in [0.717, 1.165) is 11.5 Å². The fraction of sp³-hybridized carbons (Fsp3) is 0.429. The molecule has 1 aliphatic heterocycles. The van der Waals surface area contributed by atoms with Crippen LogP contribution in [0.1, 0.15) is 30.9 Å². The summed E-state index contributed by atoms with van der Waals surface area (Å²) in [5.41, 5.74) is 2.42. The van der Waals surface area contributed by atoms with Gasteiger partial charge in [0.05, 0.1) is 0 Å². The second kappa shape index (κ2) is 5.57. The minimum Gasteiger partial charge on any atom is -0.270 e. The van der Waals surface area contributed by atoms with Crippen molar-refractivity contribution in [2.24, 2.45) is 0 Å². The summed E-state index contributed by atoms with van der Waals surface area (Å²) in [6.45, 7) is 4.09. The third kappa shape index (κ3) is 2.75. The van der Waals surface area contributed by atoms with Gasteiger partial charge in [0, 0.05) is 18.4 Å². The third-order valence-corrected chi connectivity index (χ3v) is 5.31. The quantitative estimate of drug-likeness (QED) is 0.617. The van der Waals surface area contributed by atoms with Crippen LogP contribution in [0.5, 0.6) is 0 Å². The van der Waals surface area contributed by atoms with Gasteiger partial charge in [0.25, 0.3) is 11.8 Å². The molecule has 1 heterocycles. The van der Waals surface area contributed by atoms with E-state index in [0.29, 0.717) is 12.8 Å². The summed E-state index contributed by atoms with van der Waals surface area (Å²) in [7, 11) is 0. The van der Waals surface area contributed by atoms with E-state index in [1.165, 1.54) is 15.4 Å². The van der Waals surface area contributed by atoms with Crippen LogP contribution in [0.2, 0.25) is 0 Å². The molecule has 0 radical (unpaired) electrons. The normalized spacial score (nSPS) is 17.3. The van der Waals surface area contributed by atoms with Crippen molar-refractivity contribution in [3.8, 4) is 0 Å². The van der Waals surface area contributed by atoms with E-state index in [-0.39, 0.29) is 22.9 Å². The molecule has 0 bridgehead atoms. The molecule has 2 amide bonds. The number of carbonyl (C=O) groups excluding carboxylic acids is 2. The minimum absolute atomic E-state index is 0.00250. The van der Waals surface area contributed by atoms with Gasteiger partial charge < -0.3 is 0 Å². The summed E-state index contributed by atoms with van der Waals surface area (Å²) < 4.78 is 1.50. The molecule has 1 saturated heterocycles. The van der Waals surface area contributed by atoms with Crippen LogP contribution in [0.4, 0.5) is 0 Å². The lowest BCUT2D eigenvalue weighted by atomic mass is 10.2. The predicted octanol–water partition coefficient (Wildman–Crippen LogP) is 2.20. The Hall–Kier alpha value is -1.29. The highest BCUT2D eigenvalue weighted by Gasteiger charge is 2.42. The van der Waals surface area contributed by atoms with E-state index in [4.69, 9.17) is 0 Å². The minimum atomic E-state index is -0.290. The number of carbonyl (C=O) groups is 2. The van der Waals surface area contributed by atoms with Crippen molar-refractivity contribution in [2.75, 3.05) is 5.75 Å². The molecule has 4 heteroatoms. The summed E-state index contributed by atoms with van der Waals surface area (Å²) >= 11 is -0.290. The van der Waals surface area contributed by atoms with Crippen molar-refractivity contribution in [3.63, 3.8) is 0 Å². The zero-order chi connectivity index (χ0) is 13.1. The van der Waals surface area contributed by atoms with Crippen LogP contribution in [0, 0.1) is 6.92 Å². The average Bonchev–Trinajstić information content (AvgIpc) is 2.69. The average molecular weight is 264 g/mol. The molecule has 96 valence electrons. The molecule has 1 aromatic carbocycles. The molecular weight excluding hydrogens is 246 g/mol. The van der Waals surface area contributed by atoms with E-state index in [9.17, 15) is 9.59 Å². The van der Waals surface area contributed by atoms with Crippen molar-refractivity contribution in [3.05, 3.63) is 35.4 Å². The second-order valence-corrected chi connectivity index (χ2v) is 6.62.